The lowest BCUT2D eigenvalue weighted by Crippen LogP contribution is -2.42. The molecule has 0 aromatic heterocycles. The summed E-state index contributed by atoms with van der Waals surface area (Å²) < 4.78 is 5.71. The second-order valence-corrected chi connectivity index (χ2v) is 4.66. The van der Waals surface area contributed by atoms with Crippen LogP contribution in [0, 0.1) is 0 Å². The van der Waals surface area contributed by atoms with Crippen molar-refractivity contribution < 1.29 is 9.53 Å². The Morgan fingerprint density at radius 3 is 2.00 bits per heavy atom. The number of likely N-dealkylation sites (tertiary alicyclic amines) is 1. The van der Waals surface area contributed by atoms with Crippen LogP contribution in [0.2, 0.25) is 0 Å². The molecule has 3 nitrogen and oxygen atoms in total. The molecule has 1 amide bonds. The van der Waals surface area contributed by atoms with Crippen molar-refractivity contribution in [2.75, 3.05) is 13.1 Å². The smallest absolute Gasteiger partial charge is 0.410 e. The molecule has 0 aromatic carbocycles. The largest absolute Gasteiger partial charge is 0.443 e. The number of amides is 1. The third kappa shape index (κ3) is 3.13. The van der Waals surface area contributed by atoms with Crippen molar-refractivity contribution in [1.82, 2.24) is 4.90 Å². The minimum absolute atomic E-state index is 0.106. The maximum Gasteiger partial charge on any atom is 0.410 e. The van der Waals surface area contributed by atoms with Crippen LogP contribution in [-0.2, 0) is 4.74 Å². The highest BCUT2D eigenvalue weighted by atomic mass is 16.6. The summed E-state index contributed by atoms with van der Waals surface area (Å²) in [5, 5.41) is 0. The number of carbonyl (C=O) groups is 1. The summed E-state index contributed by atoms with van der Waals surface area (Å²) in [5.74, 6) is 0. The number of ether oxygens (including phenoxy) is 1. The minimum Gasteiger partial charge on any atom is -0.443 e. The fourth-order valence-corrected chi connectivity index (χ4v) is 2.29. The molecule has 0 N–H and O–H groups in total. The summed E-state index contributed by atoms with van der Waals surface area (Å²) in [6.07, 6.45) is 6.08. The lowest BCUT2D eigenvalue weighted by molar-refractivity contribution is -0.0202. The molecule has 1 fully saturated rings. The molecule has 1 saturated heterocycles. The summed E-state index contributed by atoms with van der Waals surface area (Å²) >= 11 is 0. The lowest BCUT2D eigenvalue weighted by Gasteiger charge is -2.34. The molecule has 1 heterocycles. The van der Waals surface area contributed by atoms with E-state index < -0.39 is 0 Å². The predicted octanol–water partition coefficient (Wildman–Crippen LogP) is 3.58. The standard InChI is InChI=1S/C13H25NO2/c1-4-13(5-2,6-3)16-12(15)14-10-8-7-9-11-14/h4-11H2,1-3H3. The molecule has 3 heteroatoms. The van der Waals surface area contributed by atoms with Crippen molar-refractivity contribution in [2.24, 2.45) is 0 Å². The van der Waals surface area contributed by atoms with E-state index in [1.165, 1.54) is 6.42 Å². The highest BCUT2D eigenvalue weighted by Gasteiger charge is 2.30. The molecule has 0 atom stereocenters. The van der Waals surface area contributed by atoms with Gasteiger partial charge in [0.2, 0.25) is 0 Å². The normalized spacial score (nSPS) is 17.3. The molecule has 0 radical (unpaired) electrons. The van der Waals surface area contributed by atoms with Crippen LogP contribution in [0.1, 0.15) is 59.3 Å². The van der Waals surface area contributed by atoms with E-state index in [1.807, 2.05) is 4.90 Å². The first-order valence-electron chi connectivity index (χ1n) is 6.65. The topological polar surface area (TPSA) is 29.5 Å². The maximum absolute atomic E-state index is 12.0. The second-order valence-electron chi connectivity index (χ2n) is 4.66. The maximum atomic E-state index is 12.0. The molecule has 0 aromatic rings. The molecule has 1 aliphatic rings. The van der Waals surface area contributed by atoms with Gasteiger partial charge in [0.25, 0.3) is 0 Å². The van der Waals surface area contributed by atoms with Gasteiger partial charge in [0.05, 0.1) is 0 Å². The second kappa shape index (κ2) is 6.12. The van der Waals surface area contributed by atoms with Gasteiger partial charge in [0.15, 0.2) is 0 Å². The van der Waals surface area contributed by atoms with Crippen LogP contribution < -0.4 is 0 Å². The van der Waals surface area contributed by atoms with E-state index in [0.717, 1.165) is 45.2 Å². The van der Waals surface area contributed by atoms with Crippen LogP contribution in [0.5, 0.6) is 0 Å². The quantitative estimate of drug-likeness (QED) is 0.734. The summed E-state index contributed by atoms with van der Waals surface area (Å²) in [6, 6.07) is 0. The van der Waals surface area contributed by atoms with Crippen LogP contribution >= 0.6 is 0 Å². The first kappa shape index (κ1) is 13.3. The fourth-order valence-electron chi connectivity index (χ4n) is 2.29. The average molecular weight is 227 g/mol. The monoisotopic (exact) mass is 227 g/mol. The predicted molar refractivity (Wildman–Crippen MR) is 65.5 cm³/mol. The van der Waals surface area contributed by atoms with Gasteiger partial charge >= 0.3 is 6.09 Å². The summed E-state index contributed by atoms with van der Waals surface area (Å²) in [5.41, 5.74) is -0.242. The van der Waals surface area contributed by atoms with Gasteiger partial charge < -0.3 is 9.64 Å². The van der Waals surface area contributed by atoms with Gasteiger partial charge in [0, 0.05) is 13.1 Å². The average Bonchev–Trinajstić information content (AvgIpc) is 2.37. The molecule has 0 unspecified atom stereocenters. The van der Waals surface area contributed by atoms with Crippen molar-refractivity contribution >= 4 is 6.09 Å². The molecule has 0 aliphatic carbocycles. The molecule has 0 bridgehead atoms. The molecular weight excluding hydrogens is 202 g/mol. The molecule has 1 rings (SSSR count). The Labute approximate surface area is 99.1 Å². The highest BCUT2D eigenvalue weighted by Crippen LogP contribution is 2.26. The Bertz CT molecular complexity index is 210. The summed E-state index contributed by atoms with van der Waals surface area (Å²) in [6.45, 7) is 8.02. The van der Waals surface area contributed by atoms with E-state index in [2.05, 4.69) is 20.8 Å². The van der Waals surface area contributed by atoms with Gasteiger partial charge in [0.1, 0.15) is 5.60 Å². The zero-order chi connectivity index (χ0) is 12.0. The summed E-state index contributed by atoms with van der Waals surface area (Å²) in [7, 11) is 0. The van der Waals surface area contributed by atoms with Crippen LogP contribution in [0.15, 0.2) is 0 Å². The van der Waals surface area contributed by atoms with Crippen molar-refractivity contribution in [3.63, 3.8) is 0 Å². The third-order valence-electron chi connectivity index (χ3n) is 3.85. The molecule has 16 heavy (non-hydrogen) atoms. The number of carbonyl (C=O) groups excluding carboxylic acids is 1. The van der Waals surface area contributed by atoms with Crippen LogP contribution in [-0.4, -0.2) is 29.7 Å². The number of hydrogen-bond donors (Lipinski definition) is 0. The molecule has 0 spiro atoms. The zero-order valence-corrected chi connectivity index (χ0v) is 10.9. The third-order valence-corrected chi connectivity index (χ3v) is 3.85. The first-order chi connectivity index (χ1) is 7.67. The van der Waals surface area contributed by atoms with Gasteiger partial charge in [-0.15, -0.1) is 0 Å². The zero-order valence-electron chi connectivity index (χ0n) is 10.9. The van der Waals surface area contributed by atoms with Crippen molar-refractivity contribution in [3.8, 4) is 0 Å². The van der Waals surface area contributed by atoms with E-state index in [9.17, 15) is 4.79 Å². The SMILES string of the molecule is CCC(CC)(CC)OC(=O)N1CCCCC1. The van der Waals surface area contributed by atoms with Gasteiger partial charge in [-0.1, -0.05) is 20.8 Å². The molecular formula is C13H25NO2. The highest BCUT2D eigenvalue weighted by molar-refractivity contribution is 5.68. The summed E-state index contributed by atoms with van der Waals surface area (Å²) in [4.78, 5) is 13.9. The van der Waals surface area contributed by atoms with Crippen molar-refractivity contribution in [1.29, 1.82) is 0 Å². The Balaban J connectivity index is 2.53. The van der Waals surface area contributed by atoms with E-state index in [4.69, 9.17) is 4.74 Å². The van der Waals surface area contributed by atoms with Gasteiger partial charge in [-0.2, -0.15) is 0 Å². The molecule has 1 aliphatic heterocycles. The number of rotatable bonds is 4. The van der Waals surface area contributed by atoms with Crippen LogP contribution in [0.25, 0.3) is 0 Å². The Hall–Kier alpha value is -0.730. The Kier molecular flexibility index (Phi) is 5.10. The number of nitrogens with zero attached hydrogens (tertiary/aromatic N) is 1. The molecule has 0 saturated carbocycles. The van der Waals surface area contributed by atoms with Crippen LogP contribution in [0.3, 0.4) is 0 Å². The van der Waals surface area contributed by atoms with E-state index >= 15 is 0 Å². The van der Waals surface area contributed by atoms with E-state index in [1.54, 1.807) is 0 Å². The van der Waals surface area contributed by atoms with E-state index in [-0.39, 0.29) is 11.7 Å². The van der Waals surface area contributed by atoms with Crippen molar-refractivity contribution in [2.45, 2.75) is 64.9 Å². The van der Waals surface area contributed by atoms with Gasteiger partial charge in [-0.05, 0) is 38.5 Å². The van der Waals surface area contributed by atoms with Crippen LogP contribution in [0.4, 0.5) is 4.79 Å². The fraction of sp³-hybridized carbons (Fsp3) is 0.923. The van der Waals surface area contributed by atoms with Gasteiger partial charge in [-0.3, -0.25) is 0 Å². The van der Waals surface area contributed by atoms with Crippen molar-refractivity contribution in [3.05, 3.63) is 0 Å². The molecule has 94 valence electrons. The van der Waals surface area contributed by atoms with Gasteiger partial charge in [-0.25, -0.2) is 4.79 Å². The Morgan fingerprint density at radius 2 is 1.56 bits per heavy atom. The number of hydrogen-bond acceptors (Lipinski definition) is 2. The minimum atomic E-state index is -0.242. The number of piperidine rings is 1. The lowest BCUT2D eigenvalue weighted by atomic mass is 9.94. The van der Waals surface area contributed by atoms with E-state index in [0.29, 0.717) is 0 Å². The Morgan fingerprint density at radius 1 is 1.06 bits per heavy atom. The first-order valence-corrected chi connectivity index (χ1v) is 6.65.